The van der Waals surface area contributed by atoms with Gasteiger partial charge in [0.2, 0.25) is 6.79 Å². The molecule has 0 radical (unpaired) electrons. The predicted octanol–water partition coefficient (Wildman–Crippen LogP) is 2.12. The van der Waals surface area contributed by atoms with Gasteiger partial charge < -0.3 is 20.1 Å². The fourth-order valence-corrected chi connectivity index (χ4v) is 3.17. The first-order chi connectivity index (χ1) is 14.1. The molecule has 1 amide bonds. The molecule has 1 aromatic heterocycles. The third kappa shape index (κ3) is 4.38. The summed E-state index contributed by atoms with van der Waals surface area (Å²) in [6.07, 6.45) is 1.64. The van der Waals surface area contributed by atoms with Crippen molar-refractivity contribution < 1.29 is 14.3 Å². The maximum Gasteiger partial charge on any atom is 0.276 e. The van der Waals surface area contributed by atoms with Crippen molar-refractivity contribution in [3.63, 3.8) is 0 Å². The largest absolute Gasteiger partial charge is 0.454 e. The summed E-state index contributed by atoms with van der Waals surface area (Å²) in [5.41, 5.74) is 9.02. The first-order valence-corrected chi connectivity index (χ1v) is 9.46. The van der Waals surface area contributed by atoms with Crippen molar-refractivity contribution in [1.29, 1.82) is 0 Å². The predicted molar refractivity (Wildman–Crippen MR) is 106 cm³/mol. The topological polar surface area (TPSA) is 95.5 Å². The van der Waals surface area contributed by atoms with Crippen LogP contribution in [-0.2, 0) is 19.6 Å². The van der Waals surface area contributed by atoms with Gasteiger partial charge in [0.25, 0.3) is 5.91 Å². The lowest BCUT2D eigenvalue weighted by Crippen LogP contribution is -2.30. The van der Waals surface area contributed by atoms with Crippen LogP contribution in [0.25, 0.3) is 0 Å². The highest BCUT2D eigenvalue weighted by atomic mass is 16.7. The van der Waals surface area contributed by atoms with Gasteiger partial charge >= 0.3 is 0 Å². The Morgan fingerprint density at radius 2 is 1.83 bits per heavy atom. The van der Waals surface area contributed by atoms with Gasteiger partial charge in [0, 0.05) is 19.6 Å². The smallest absolute Gasteiger partial charge is 0.276 e. The van der Waals surface area contributed by atoms with Gasteiger partial charge in [-0.1, -0.05) is 41.1 Å². The van der Waals surface area contributed by atoms with E-state index in [0.717, 1.165) is 16.9 Å². The van der Waals surface area contributed by atoms with Crippen LogP contribution in [0, 0.1) is 6.92 Å². The number of hydrogen-bond donors (Lipinski definition) is 1. The highest BCUT2D eigenvalue weighted by molar-refractivity contribution is 5.91. The first-order valence-electron chi connectivity index (χ1n) is 9.46. The molecule has 1 aliphatic rings. The van der Waals surface area contributed by atoms with Crippen LogP contribution in [0.3, 0.4) is 0 Å². The molecule has 0 fully saturated rings. The molecular weight excluding hydrogens is 370 g/mol. The van der Waals surface area contributed by atoms with E-state index in [9.17, 15) is 4.79 Å². The van der Waals surface area contributed by atoms with Gasteiger partial charge in [0.1, 0.15) is 0 Å². The molecular formula is C21H23N5O3. The van der Waals surface area contributed by atoms with E-state index in [1.54, 1.807) is 15.8 Å². The third-order valence-corrected chi connectivity index (χ3v) is 4.71. The van der Waals surface area contributed by atoms with Crippen LogP contribution in [0.2, 0.25) is 0 Å². The Labute approximate surface area is 168 Å². The molecule has 0 aliphatic carbocycles. The van der Waals surface area contributed by atoms with Crippen molar-refractivity contribution in [3.8, 4) is 11.5 Å². The summed E-state index contributed by atoms with van der Waals surface area (Å²) in [7, 11) is 0. The van der Waals surface area contributed by atoms with Crippen LogP contribution in [0.4, 0.5) is 0 Å². The van der Waals surface area contributed by atoms with E-state index in [1.807, 2.05) is 49.4 Å². The highest BCUT2D eigenvalue weighted by Gasteiger charge is 2.21. The molecule has 0 unspecified atom stereocenters. The Morgan fingerprint density at radius 3 is 2.62 bits per heavy atom. The van der Waals surface area contributed by atoms with E-state index in [4.69, 9.17) is 15.2 Å². The summed E-state index contributed by atoms with van der Waals surface area (Å²) in [6, 6.07) is 13.8. The molecule has 8 heteroatoms. The zero-order valence-corrected chi connectivity index (χ0v) is 16.2. The van der Waals surface area contributed by atoms with Crippen molar-refractivity contribution in [3.05, 3.63) is 71.0 Å². The lowest BCUT2D eigenvalue weighted by molar-refractivity contribution is 0.0723. The highest BCUT2D eigenvalue weighted by Crippen LogP contribution is 2.33. The van der Waals surface area contributed by atoms with E-state index in [2.05, 4.69) is 10.3 Å². The maximum absolute atomic E-state index is 13.2. The van der Waals surface area contributed by atoms with Gasteiger partial charge in [-0.15, -0.1) is 5.10 Å². The Balaban J connectivity index is 1.58. The number of nitrogens with two attached hydrogens (primary N) is 1. The molecule has 2 N–H and O–H groups in total. The van der Waals surface area contributed by atoms with Crippen LogP contribution < -0.4 is 15.2 Å². The van der Waals surface area contributed by atoms with E-state index < -0.39 is 0 Å². The standard InChI is InChI=1S/C21H23N5O3/c1-15-2-4-16(5-3-15)11-25(21(27)18-13-26(9-8-22)24-23-18)12-17-6-7-19-20(10-17)29-14-28-19/h2-7,10,13H,8-9,11-12,14,22H2,1H3. The average molecular weight is 393 g/mol. The Hall–Kier alpha value is -3.39. The molecule has 0 saturated carbocycles. The van der Waals surface area contributed by atoms with E-state index in [-0.39, 0.29) is 12.7 Å². The zero-order valence-electron chi connectivity index (χ0n) is 16.2. The molecule has 4 rings (SSSR count). The lowest BCUT2D eigenvalue weighted by atomic mass is 10.1. The van der Waals surface area contributed by atoms with E-state index in [1.165, 1.54) is 5.56 Å². The Kier molecular flexibility index (Phi) is 5.44. The van der Waals surface area contributed by atoms with Gasteiger partial charge in [-0.25, -0.2) is 0 Å². The molecule has 2 heterocycles. The van der Waals surface area contributed by atoms with Gasteiger partial charge in [0.15, 0.2) is 17.2 Å². The molecule has 150 valence electrons. The zero-order chi connectivity index (χ0) is 20.2. The second kappa shape index (κ2) is 8.32. The summed E-state index contributed by atoms with van der Waals surface area (Å²) in [4.78, 5) is 14.9. The number of carbonyl (C=O) groups is 1. The summed E-state index contributed by atoms with van der Waals surface area (Å²) < 4.78 is 12.4. The lowest BCUT2D eigenvalue weighted by Gasteiger charge is -2.22. The number of nitrogens with zero attached hydrogens (tertiary/aromatic N) is 4. The minimum absolute atomic E-state index is 0.188. The quantitative estimate of drug-likeness (QED) is 0.661. The molecule has 2 aromatic carbocycles. The van der Waals surface area contributed by atoms with Crippen LogP contribution >= 0.6 is 0 Å². The number of rotatable bonds is 7. The first kappa shape index (κ1) is 18.9. The average Bonchev–Trinajstić information content (AvgIpc) is 3.38. The van der Waals surface area contributed by atoms with E-state index >= 15 is 0 Å². The monoisotopic (exact) mass is 393 g/mol. The SMILES string of the molecule is Cc1ccc(CN(Cc2ccc3c(c2)OCO3)C(=O)c2cn(CCN)nn2)cc1. The van der Waals surface area contributed by atoms with Crippen molar-refractivity contribution in [2.24, 2.45) is 5.73 Å². The molecule has 0 spiro atoms. The fourth-order valence-electron chi connectivity index (χ4n) is 3.17. The minimum Gasteiger partial charge on any atom is -0.454 e. The molecule has 0 bridgehead atoms. The number of aromatic nitrogens is 3. The van der Waals surface area contributed by atoms with Crippen molar-refractivity contribution in [1.82, 2.24) is 19.9 Å². The van der Waals surface area contributed by atoms with Crippen molar-refractivity contribution >= 4 is 5.91 Å². The number of fused-ring (bicyclic) bond motifs is 1. The number of aryl methyl sites for hydroxylation is 1. The van der Waals surface area contributed by atoms with Crippen LogP contribution in [0.1, 0.15) is 27.2 Å². The second-order valence-corrected chi connectivity index (χ2v) is 6.99. The van der Waals surface area contributed by atoms with Crippen LogP contribution in [0.5, 0.6) is 11.5 Å². The maximum atomic E-state index is 13.2. The molecule has 1 aliphatic heterocycles. The number of ether oxygens (including phenoxy) is 2. The molecule has 8 nitrogen and oxygen atoms in total. The molecule has 29 heavy (non-hydrogen) atoms. The van der Waals surface area contributed by atoms with Gasteiger partial charge in [0.05, 0.1) is 12.7 Å². The van der Waals surface area contributed by atoms with Gasteiger partial charge in [-0.3, -0.25) is 9.48 Å². The van der Waals surface area contributed by atoms with E-state index in [0.29, 0.717) is 37.6 Å². The van der Waals surface area contributed by atoms with Gasteiger partial charge in [-0.2, -0.15) is 0 Å². The minimum atomic E-state index is -0.188. The normalized spacial score (nSPS) is 12.2. The number of carbonyl (C=O) groups excluding carboxylic acids is 1. The number of hydrogen-bond acceptors (Lipinski definition) is 6. The number of benzene rings is 2. The Morgan fingerprint density at radius 1 is 1.10 bits per heavy atom. The third-order valence-electron chi connectivity index (χ3n) is 4.71. The van der Waals surface area contributed by atoms with Crippen LogP contribution in [-0.4, -0.2) is 39.1 Å². The number of amides is 1. The summed E-state index contributed by atoms with van der Waals surface area (Å²) in [5.74, 6) is 1.22. The second-order valence-electron chi connectivity index (χ2n) is 6.99. The fraction of sp³-hybridized carbons (Fsp3) is 0.286. The summed E-state index contributed by atoms with van der Waals surface area (Å²) in [5, 5.41) is 8.02. The van der Waals surface area contributed by atoms with Crippen LogP contribution in [0.15, 0.2) is 48.7 Å². The molecule has 0 saturated heterocycles. The Bertz CT molecular complexity index is 1000. The molecule has 0 atom stereocenters. The van der Waals surface area contributed by atoms with Crippen molar-refractivity contribution in [2.45, 2.75) is 26.6 Å². The summed E-state index contributed by atoms with van der Waals surface area (Å²) in [6.45, 7) is 4.07. The summed E-state index contributed by atoms with van der Waals surface area (Å²) >= 11 is 0. The van der Waals surface area contributed by atoms with Crippen molar-refractivity contribution in [2.75, 3.05) is 13.3 Å². The van der Waals surface area contributed by atoms with Gasteiger partial charge in [-0.05, 0) is 30.2 Å². The molecule has 3 aromatic rings.